The van der Waals surface area contributed by atoms with Gasteiger partial charge >= 0.3 is 0 Å². The standard InChI is InChI=1S/C52H41NS/c1-34-32-39(40-22-28-45-47(33-40)52(2,3)46-30-29-44-43-16-10-11-17-49(43)54-51(44)50(45)46)23-31-48(34)53(41-24-18-37(19-25-41)35-12-6-4-7-13-35)42-26-20-38(21-27-42)36-14-8-5-9-15-36/h4-31,33-34H,32H2,1-3H3. The zero-order chi connectivity index (χ0) is 36.4. The highest BCUT2D eigenvalue weighted by Gasteiger charge is 2.37. The molecule has 2 aliphatic rings. The van der Waals surface area contributed by atoms with Gasteiger partial charge in [0.05, 0.1) is 0 Å². The summed E-state index contributed by atoms with van der Waals surface area (Å²) in [4.78, 5) is 2.46. The Morgan fingerprint density at radius 2 is 1.11 bits per heavy atom. The van der Waals surface area contributed by atoms with Crippen molar-refractivity contribution in [1.82, 2.24) is 0 Å². The molecule has 0 aliphatic heterocycles. The molecule has 260 valence electrons. The molecule has 10 rings (SSSR count). The molecule has 8 aromatic rings. The molecule has 1 aromatic heterocycles. The number of hydrogen-bond acceptors (Lipinski definition) is 2. The van der Waals surface area contributed by atoms with Crippen molar-refractivity contribution in [3.8, 4) is 33.4 Å². The van der Waals surface area contributed by atoms with Gasteiger partial charge in [0.1, 0.15) is 0 Å². The molecule has 0 fully saturated rings. The highest BCUT2D eigenvalue weighted by Crippen LogP contribution is 2.54. The summed E-state index contributed by atoms with van der Waals surface area (Å²) in [5.74, 6) is 0.309. The molecule has 1 unspecified atom stereocenters. The molecule has 0 amide bonds. The Kier molecular flexibility index (Phi) is 7.78. The van der Waals surface area contributed by atoms with Crippen LogP contribution in [-0.2, 0) is 5.41 Å². The van der Waals surface area contributed by atoms with Crippen LogP contribution in [0.4, 0.5) is 11.4 Å². The zero-order valence-electron chi connectivity index (χ0n) is 30.9. The first kappa shape index (κ1) is 32.7. The van der Waals surface area contributed by atoms with Crippen molar-refractivity contribution in [3.05, 3.63) is 198 Å². The smallest absolute Gasteiger partial charge is 0.0458 e. The number of nitrogens with zero attached hydrogens (tertiary/aromatic N) is 1. The largest absolute Gasteiger partial charge is 0.314 e. The quantitative estimate of drug-likeness (QED) is 0.166. The Hall–Kier alpha value is -5.96. The number of allylic oxidation sites excluding steroid dienone is 4. The minimum absolute atomic E-state index is 0.0679. The van der Waals surface area contributed by atoms with Gasteiger partial charge in [-0.1, -0.05) is 154 Å². The van der Waals surface area contributed by atoms with Gasteiger partial charge in [-0.05, 0) is 99.0 Å². The SMILES string of the molecule is CC1CC(c2ccc3c(c2)C(C)(C)c2ccc4c(sc5ccccc54)c2-3)=CC=C1N(c1ccc(-c2ccccc2)cc1)c1ccc(-c2ccccc2)cc1. The third-order valence-electron chi connectivity index (χ3n) is 11.8. The summed E-state index contributed by atoms with van der Waals surface area (Å²) < 4.78 is 2.78. The van der Waals surface area contributed by atoms with Crippen LogP contribution < -0.4 is 4.90 Å². The number of benzene rings is 7. The van der Waals surface area contributed by atoms with Crippen LogP contribution in [-0.4, -0.2) is 0 Å². The molecule has 0 bridgehead atoms. The van der Waals surface area contributed by atoms with Crippen LogP contribution in [0.2, 0.25) is 0 Å². The summed E-state index contributed by atoms with van der Waals surface area (Å²) in [6, 6.07) is 60.2. The van der Waals surface area contributed by atoms with E-state index < -0.39 is 0 Å². The highest BCUT2D eigenvalue weighted by molar-refractivity contribution is 7.26. The molecule has 0 spiro atoms. The third-order valence-corrected chi connectivity index (χ3v) is 13.0. The van der Waals surface area contributed by atoms with Crippen LogP contribution >= 0.6 is 11.3 Å². The van der Waals surface area contributed by atoms with Gasteiger partial charge in [0.15, 0.2) is 0 Å². The lowest BCUT2D eigenvalue weighted by Gasteiger charge is -2.34. The molecule has 2 heteroatoms. The topological polar surface area (TPSA) is 3.24 Å². The lowest BCUT2D eigenvalue weighted by atomic mass is 9.80. The van der Waals surface area contributed by atoms with E-state index in [9.17, 15) is 0 Å². The minimum Gasteiger partial charge on any atom is -0.314 e. The molecule has 54 heavy (non-hydrogen) atoms. The Morgan fingerprint density at radius 3 is 1.74 bits per heavy atom. The summed E-state index contributed by atoms with van der Waals surface area (Å²) in [6.07, 6.45) is 5.72. The fraction of sp³-hybridized carbons (Fsp3) is 0.115. The molecule has 1 heterocycles. The van der Waals surface area contributed by atoms with E-state index in [2.05, 4.69) is 202 Å². The van der Waals surface area contributed by atoms with E-state index in [-0.39, 0.29) is 5.41 Å². The predicted octanol–water partition coefficient (Wildman–Crippen LogP) is 14.8. The molecular formula is C52H41NS. The van der Waals surface area contributed by atoms with Crippen LogP contribution in [0.5, 0.6) is 0 Å². The average Bonchev–Trinajstić information content (AvgIpc) is 3.71. The monoisotopic (exact) mass is 711 g/mol. The van der Waals surface area contributed by atoms with Crippen molar-refractivity contribution in [2.45, 2.75) is 32.6 Å². The van der Waals surface area contributed by atoms with Gasteiger partial charge in [-0.3, -0.25) is 0 Å². The summed E-state index contributed by atoms with van der Waals surface area (Å²) >= 11 is 1.94. The van der Waals surface area contributed by atoms with E-state index in [0.29, 0.717) is 5.92 Å². The van der Waals surface area contributed by atoms with E-state index in [1.54, 1.807) is 0 Å². The second-order valence-electron chi connectivity index (χ2n) is 15.4. The molecule has 0 N–H and O–H groups in total. The van der Waals surface area contributed by atoms with Crippen LogP contribution in [0.25, 0.3) is 59.1 Å². The first-order valence-corrected chi connectivity index (χ1v) is 19.9. The third kappa shape index (κ3) is 5.36. The van der Waals surface area contributed by atoms with E-state index in [4.69, 9.17) is 0 Å². The molecule has 7 aromatic carbocycles. The Bertz CT molecular complexity index is 2660. The van der Waals surface area contributed by atoms with Crippen LogP contribution in [0.3, 0.4) is 0 Å². The van der Waals surface area contributed by atoms with Gasteiger partial charge in [0.2, 0.25) is 0 Å². The predicted molar refractivity (Wildman–Crippen MR) is 233 cm³/mol. The van der Waals surface area contributed by atoms with Crippen molar-refractivity contribution in [2.24, 2.45) is 5.92 Å². The van der Waals surface area contributed by atoms with Crippen molar-refractivity contribution < 1.29 is 0 Å². The summed E-state index contributed by atoms with van der Waals surface area (Å²) in [5.41, 5.74) is 16.9. The van der Waals surface area contributed by atoms with Crippen LogP contribution in [0.1, 0.15) is 43.9 Å². The fourth-order valence-electron chi connectivity index (χ4n) is 8.88. The van der Waals surface area contributed by atoms with E-state index in [0.717, 1.165) is 6.42 Å². The van der Waals surface area contributed by atoms with Gasteiger partial charge in [-0.15, -0.1) is 11.3 Å². The van der Waals surface area contributed by atoms with Gasteiger partial charge in [-0.2, -0.15) is 0 Å². The maximum atomic E-state index is 2.49. The molecule has 0 radical (unpaired) electrons. The van der Waals surface area contributed by atoms with Gasteiger partial charge in [0.25, 0.3) is 0 Å². The zero-order valence-corrected chi connectivity index (χ0v) is 31.7. The maximum Gasteiger partial charge on any atom is 0.0458 e. The van der Waals surface area contributed by atoms with Gasteiger partial charge < -0.3 is 4.90 Å². The van der Waals surface area contributed by atoms with Crippen molar-refractivity contribution in [3.63, 3.8) is 0 Å². The number of hydrogen-bond donors (Lipinski definition) is 0. The second-order valence-corrected chi connectivity index (χ2v) is 16.5. The Morgan fingerprint density at radius 1 is 0.537 bits per heavy atom. The molecular weight excluding hydrogens is 671 g/mol. The lowest BCUT2D eigenvalue weighted by molar-refractivity contribution is 0.659. The van der Waals surface area contributed by atoms with Crippen molar-refractivity contribution in [1.29, 1.82) is 0 Å². The maximum absolute atomic E-state index is 2.49. The molecule has 1 nitrogen and oxygen atoms in total. The van der Waals surface area contributed by atoms with Crippen molar-refractivity contribution in [2.75, 3.05) is 4.90 Å². The van der Waals surface area contributed by atoms with E-state index in [1.807, 2.05) is 11.3 Å². The van der Waals surface area contributed by atoms with Crippen molar-refractivity contribution >= 4 is 48.5 Å². The normalized spacial score (nSPS) is 15.8. The molecule has 0 saturated heterocycles. The fourth-order valence-corrected chi connectivity index (χ4v) is 10.1. The second kappa shape index (κ2) is 12.9. The summed E-state index contributed by atoms with van der Waals surface area (Å²) in [7, 11) is 0. The number of thiophene rings is 1. The molecule has 2 aliphatic carbocycles. The molecule has 1 atom stereocenters. The number of anilines is 2. The molecule has 0 saturated carbocycles. The Balaban J connectivity index is 1.03. The van der Waals surface area contributed by atoms with Crippen LogP contribution in [0.15, 0.2) is 182 Å². The first-order valence-electron chi connectivity index (χ1n) is 19.1. The summed E-state index contributed by atoms with van der Waals surface area (Å²) in [5, 5.41) is 2.73. The van der Waals surface area contributed by atoms with Crippen LogP contribution in [0, 0.1) is 5.92 Å². The van der Waals surface area contributed by atoms with Gasteiger partial charge in [-0.25, -0.2) is 0 Å². The number of rotatable bonds is 6. The lowest BCUT2D eigenvalue weighted by Crippen LogP contribution is -2.23. The van der Waals surface area contributed by atoms with Gasteiger partial charge in [0, 0.05) is 54.1 Å². The average molecular weight is 712 g/mol. The Labute approximate surface area is 322 Å². The number of fused-ring (bicyclic) bond motifs is 7. The highest BCUT2D eigenvalue weighted by atomic mass is 32.1. The van der Waals surface area contributed by atoms with E-state index in [1.165, 1.54) is 92.9 Å². The first-order chi connectivity index (χ1) is 26.4. The summed E-state index contributed by atoms with van der Waals surface area (Å²) in [6.45, 7) is 7.19. The minimum atomic E-state index is -0.0679. The van der Waals surface area contributed by atoms with E-state index >= 15 is 0 Å².